The molecule has 16 heteroatoms. The van der Waals surface area contributed by atoms with Crippen LogP contribution in [-0.4, -0.2) is 66.0 Å². The minimum absolute atomic E-state index is 0. The second kappa shape index (κ2) is 16.4. The van der Waals surface area contributed by atoms with Gasteiger partial charge in [-0.25, -0.2) is 8.42 Å². The first kappa shape index (κ1) is 41.5. The van der Waals surface area contributed by atoms with Gasteiger partial charge in [-0.15, -0.1) is 22.1 Å². The minimum atomic E-state index is -4.64. The first-order valence-electron chi connectivity index (χ1n) is 17.1. The Morgan fingerprint density at radius 3 is 2.09 bits per heavy atom. The van der Waals surface area contributed by atoms with Gasteiger partial charge in [0.15, 0.2) is 5.78 Å². The van der Waals surface area contributed by atoms with Crippen LogP contribution in [-0.2, 0) is 51.3 Å². The second-order valence-electron chi connectivity index (χ2n) is 13.5. The van der Waals surface area contributed by atoms with E-state index in [1.807, 2.05) is 26.8 Å². The van der Waals surface area contributed by atoms with Crippen molar-refractivity contribution in [3.8, 4) is 0 Å². The summed E-state index contributed by atoms with van der Waals surface area (Å²) in [7, 11) is -3.43. The zero-order valence-corrected chi connectivity index (χ0v) is 32.8. The van der Waals surface area contributed by atoms with E-state index < -0.39 is 58.5 Å². The van der Waals surface area contributed by atoms with Crippen LogP contribution in [0.3, 0.4) is 0 Å². The van der Waals surface area contributed by atoms with E-state index in [9.17, 15) is 37.3 Å². The molecule has 286 valence electrons. The summed E-state index contributed by atoms with van der Waals surface area (Å²) in [4.78, 5) is 71.4. The molecule has 0 spiro atoms. The van der Waals surface area contributed by atoms with Crippen molar-refractivity contribution in [2.45, 2.75) is 90.9 Å². The van der Waals surface area contributed by atoms with Crippen LogP contribution in [0.5, 0.6) is 0 Å². The van der Waals surface area contributed by atoms with E-state index in [0.717, 1.165) is 0 Å². The van der Waals surface area contributed by atoms with Gasteiger partial charge in [-0.2, -0.15) is 0 Å². The number of aromatic nitrogens is 4. The maximum Gasteiger partial charge on any atom is 2.00 e. The van der Waals surface area contributed by atoms with Gasteiger partial charge in [0.25, 0.3) is 0 Å². The van der Waals surface area contributed by atoms with Crippen molar-refractivity contribution in [2.75, 3.05) is 19.4 Å². The fraction of sp³-hybridized carbons (Fsp3) is 0.459. The summed E-state index contributed by atoms with van der Waals surface area (Å²) >= 11 is 0. The molecule has 1 amide bonds. The van der Waals surface area contributed by atoms with Gasteiger partial charge in [-0.05, 0) is 45.6 Å². The number of rotatable bonds is 11. The van der Waals surface area contributed by atoms with Crippen molar-refractivity contribution < 1.29 is 62.4 Å². The molecule has 0 aliphatic carbocycles. The summed E-state index contributed by atoms with van der Waals surface area (Å²) in [6.45, 7) is 10.4. The van der Waals surface area contributed by atoms with E-state index >= 15 is 0 Å². The van der Waals surface area contributed by atoms with Crippen molar-refractivity contribution in [1.29, 1.82) is 0 Å². The fourth-order valence-corrected chi connectivity index (χ4v) is 7.69. The molecule has 0 saturated carbocycles. The van der Waals surface area contributed by atoms with Gasteiger partial charge in [0.1, 0.15) is 0 Å². The molecule has 0 radical (unpaired) electrons. The number of aliphatic carboxylic acids is 1. The molecule has 3 aromatic rings. The van der Waals surface area contributed by atoms with E-state index in [2.05, 4.69) is 5.32 Å². The van der Waals surface area contributed by atoms with E-state index in [1.54, 1.807) is 26.0 Å². The third kappa shape index (κ3) is 8.62. The number of esters is 1. The fourth-order valence-electron chi connectivity index (χ4n) is 7.34. The van der Waals surface area contributed by atoms with Gasteiger partial charge in [-0.3, -0.25) is 24.4 Å². The molecule has 0 saturated heterocycles. The van der Waals surface area contributed by atoms with Crippen LogP contribution in [0.4, 0.5) is 0 Å². The van der Waals surface area contributed by atoms with E-state index in [0.29, 0.717) is 62.4 Å². The van der Waals surface area contributed by atoms with E-state index in [-0.39, 0.29) is 67.5 Å². The molecule has 8 bridgehead atoms. The first-order chi connectivity index (χ1) is 24.4. The van der Waals surface area contributed by atoms with Crippen molar-refractivity contribution in [3.05, 3.63) is 68.8 Å². The summed E-state index contributed by atoms with van der Waals surface area (Å²) in [6.07, 6.45) is 0.0578. The molecule has 1 N–H and O–H groups in total. The molecular formula is C37H41N5O9PdS-2. The molecular weight excluding hydrogens is 797 g/mol. The molecule has 2 aliphatic rings. The van der Waals surface area contributed by atoms with Gasteiger partial charge >= 0.3 is 26.4 Å². The summed E-state index contributed by atoms with van der Waals surface area (Å²) in [6, 6.07) is 5.34. The molecule has 4 atom stereocenters. The number of amides is 1. The Balaban J connectivity index is 0.00000627. The third-order valence-electron chi connectivity index (χ3n) is 10.2. The standard InChI is InChI=1S/C37H45N5O9S.Pd/c1-8-22-17(2)25-16-30-33(21(6)43)19(4)27(40-30)14-26-18(3)23(9-10-31(44)45)35(41-26)24(13-32(46)51-7)36-34(37(47)38-11-12-52(48,49)50)20(5)28(42-36)15-29(22)39-25;/h14-18,22-23H,8-13H2,1-7H3,(H5,38,39,40,41,42,43,44,45,47,48,49,50);/q;+2/p-4. The van der Waals surface area contributed by atoms with Crippen molar-refractivity contribution in [2.24, 2.45) is 0 Å². The average Bonchev–Trinajstić information content (AvgIpc) is 3.74. The van der Waals surface area contributed by atoms with Crippen LogP contribution in [0.25, 0.3) is 22.1 Å². The quantitative estimate of drug-likeness (QED) is 0.127. The number of Topliss-reactive ketones (excluding diaryl/α,β-unsaturated/α-hetero) is 1. The normalized spacial score (nSPS) is 18.3. The Labute approximate surface area is 321 Å². The number of methoxy groups -OCH3 is 1. The van der Waals surface area contributed by atoms with Gasteiger partial charge in [0.2, 0.25) is 5.91 Å². The maximum absolute atomic E-state index is 13.9. The first-order valence-corrected chi connectivity index (χ1v) is 18.7. The largest absolute Gasteiger partial charge is 2.00 e. The SMILES string of the molecule is CCC1c2cc3[n-]c(c(CC(=O)OC)c4nc(cc5[n-]c(cc(n2)C1C)c(C(C)=O)c5C)C(C)C4CCC(=O)[O-])c(C(=O)NCCS(=O)(=O)[O-])c3C.[Pd+2]. The molecule has 53 heavy (non-hydrogen) atoms. The number of nitrogens with one attached hydrogen (secondary N) is 1. The number of carbonyl (C=O) groups excluding carboxylic acids is 4. The second-order valence-corrected chi connectivity index (χ2v) is 15.0. The zero-order valence-electron chi connectivity index (χ0n) is 30.5. The molecule has 0 fully saturated rings. The van der Waals surface area contributed by atoms with Crippen molar-refractivity contribution in [1.82, 2.24) is 25.3 Å². The van der Waals surface area contributed by atoms with Gasteiger partial charge in [0.05, 0.1) is 29.4 Å². The van der Waals surface area contributed by atoms with Gasteiger partial charge < -0.3 is 34.5 Å². The van der Waals surface area contributed by atoms with Crippen molar-refractivity contribution in [3.63, 3.8) is 0 Å². The Morgan fingerprint density at radius 2 is 1.49 bits per heavy atom. The number of aryl methyl sites for hydroxylation is 2. The zero-order chi connectivity index (χ0) is 38.2. The number of fused-ring (bicyclic) bond motifs is 8. The smallest absolute Gasteiger partial charge is 0.748 e. The van der Waals surface area contributed by atoms with Crippen LogP contribution in [0.2, 0.25) is 0 Å². The van der Waals surface area contributed by atoms with Gasteiger partial charge in [-0.1, -0.05) is 50.1 Å². The maximum atomic E-state index is 13.9. The Morgan fingerprint density at radius 1 is 0.906 bits per heavy atom. The summed E-state index contributed by atoms with van der Waals surface area (Å²) in [5.41, 5.74) is 5.35. The van der Waals surface area contributed by atoms with E-state index in [1.165, 1.54) is 14.0 Å². The topological polar surface area (TPSA) is 224 Å². The third-order valence-corrected chi connectivity index (χ3v) is 10.9. The Kier molecular flexibility index (Phi) is 12.9. The average molecular weight is 838 g/mol. The molecule has 3 aromatic heterocycles. The van der Waals surface area contributed by atoms with Crippen LogP contribution in [0, 0.1) is 13.8 Å². The van der Waals surface area contributed by atoms with Crippen LogP contribution < -0.4 is 20.4 Å². The van der Waals surface area contributed by atoms with Crippen LogP contribution >= 0.6 is 0 Å². The Bertz CT molecular complexity index is 2250. The molecule has 0 aromatic carbocycles. The van der Waals surface area contributed by atoms with Crippen LogP contribution in [0.15, 0.2) is 18.2 Å². The number of ether oxygens (including phenoxy) is 1. The number of carboxylic acids is 1. The number of carboxylic acid groups (broad SMARTS) is 1. The van der Waals surface area contributed by atoms with Crippen LogP contribution in [0.1, 0.15) is 131 Å². The van der Waals surface area contributed by atoms with E-state index in [4.69, 9.17) is 24.7 Å². The predicted molar refractivity (Wildman–Crippen MR) is 188 cm³/mol. The Hall–Kier alpha value is -4.23. The molecule has 14 nitrogen and oxygen atoms in total. The number of ketones is 1. The predicted octanol–water partition coefficient (Wildman–Crippen LogP) is 3.10. The minimum Gasteiger partial charge on any atom is -0.748 e. The molecule has 5 heterocycles. The number of nitrogens with zero attached hydrogens (tertiary/aromatic N) is 4. The monoisotopic (exact) mass is 837 g/mol. The molecule has 2 aliphatic heterocycles. The number of hydrogen-bond acceptors (Lipinski definition) is 11. The summed E-state index contributed by atoms with van der Waals surface area (Å²) in [5.74, 6) is -4.82. The summed E-state index contributed by atoms with van der Waals surface area (Å²) < 4.78 is 39.1. The number of carbonyl (C=O) groups is 4. The summed E-state index contributed by atoms with van der Waals surface area (Å²) in [5, 5.41) is 14.2. The molecule has 5 rings (SSSR count). The van der Waals surface area contributed by atoms with Crippen molar-refractivity contribution >= 4 is 55.8 Å². The molecule has 4 unspecified atom stereocenters. The number of hydrogen-bond donors (Lipinski definition) is 1. The van der Waals surface area contributed by atoms with Gasteiger partial charge in [0, 0.05) is 70.1 Å².